The van der Waals surface area contributed by atoms with Gasteiger partial charge in [0, 0.05) is 23.1 Å². The van der Waals surface area contributed by atoms with Gasteiger partial charge in [0.25, 0.3) is 5.91 Å². The second kappa shape index (κ2) is 7.41. The van der Waals surface area contributed by atoms with Crippen LogP contribution in [-0.2, 0) is 12.2 Å². The van der Waals surface area contributed by atoms with Crippen LogP contribution in [0.2, 0.25) is 0 Å². The number of thioether (sulfide) groups is 1. The van der Waals surface area contributed by atoms with E-state index < -0.39 is 0 Å². The summed E-state index contributed by atoms with van der Waals surface area (Å²) in [6, 6.07) is 2.07. The number of carbonyl (C=O) groups excluding carboxylic acids is 1. The van der Waals surface area contributed by atoms with Crippen LogP contribution in [0.1, 0.15) is 39.4 Å². The highest BCUT2D eigenvalue weighted by atomic mass is 35.5. The monoisotopic (exact) mass is 303 g/mol. The maximum absolute atomic E-state index is 12.0. The van der Waals surface area contributed by atoms with Crippen molar-refractivity contribution in [2.24, 2.45) is 0 Å². The summed E-state index contributed by atoms with van der Waals surface area (Å²) in [7, 11) is 0. The van der Waals surface area contributed by atoms with Crippen molar-refractivity contribution < 1.29 is 4.79 Å². The molecule has 2 heterocycles. The van der Waals surface area contributed by atoms with Crippen LogP contribution in [-0.4, -0.2) is 24.1 Å². The summed E-state index contributed by atoms with van der Waals surface area (Å²) in [6.45, 7) is 0.757. The number of hydrogen-bond acceptors (Lipinski definition) is 3. The molecule has 0 saturated heterocycles. The molecule has 0 fully saturated rings. The Labute approximate surface area is 121 Å². The molecule has 1 aliphatic rings. The first kappa shape index (κ1) is 14.2. The number of fused-ring (bicyclic) bond motifs is 1. The van der Waals surface area contributed by atoms with Gasteiger partial charge in [-0.25, -0.2) is 0 Å². The zero-order valence-electron chi connectivity index (χ0n) is 10.3. The van der Waals surface area contributed by atoms with Crippen LogP contribution in [0.15, 0.2) is 6.07 Å². The lowest BCUT2D eigenvalue weighted by atomic mass is 10.2. The fraction of sp³-hybridized carbons (Fsp3) is 0.615. The van der Waals surface area contributed by atoms with Gasteiger partial charge in [0.05, 0.1) is 4.88 Å². The summed E-state index contributed by atoms with van der Waals surface area (Å²) >= 11 is 9.23. The summed E-state index contributed by atoms with van der Waals surface area (Å²) in [4.78, 5) is 14.2. The van der Waals surface area contributed by atoms with Crippen molar-refractivity contribution in [3.8, 4) is 0 Å². The lowest BCUT2D eigenvalue weighted by Gasteiger charge is -2.08. The molecule has 0 saturated carbocycles. The molecule has 1 aromatic rings. The van der Waals surface area contributed by atoms with E-state index in [9.17, 15) is 4.79 Å². The molecule has 0 spiro atoms. The van der Waals surface area contributed by atoms with Crippen LogP contribution >= 0.6 is 34.7 Å². The molecule has 2 nitrogen and oxygen atoms in total. The minimum absolute atomic E-state index is 0.0882. The van der Waals surface area contributed by atoms with Gasteiger partial charge < -0.3 is 5.32 Å². The van der Waals surface area contributed by atoms with E-state index in [0.717, 1.165) is 42.9 Å². The molecule has 0 aliphatic carbocycles. The standard InChI is InChI=1S/C13H18ClNOS2/c14-5-2-1-3-6-15-13(16)12-8-10-9-17-7-4-11(10)18-12/h8H,1-7,9H2,(H,15,16). The van der Waals surface area contributed by atoms with Gasteiger partial charge in [-0.3, -0.25) is 4.79 Å². The van der Waals surface area contributed by atoms with Crippen molar-refractivity contribution in [3.05, 3.63) is 21.4 Å². The highest BCUT2D eigenvalue weighted by Crippen LogP contribution is 2.31. The number of rotatable bonds is 6. The van der Waals surface area contributed by atoms with E-state index in [2.05, 4.69) is 11.4 Å². The van der Waals surface area contributed by atoms with Crippen LogP contribution in [0.5, 0.6) is 0 Å². The number of nitrogens with one attached hydrogen (secondary N) is 1. The van der Waals surface area contributed by atoms with Crippen LogP contribution in [0.3, 0.4) is 0 Å². The SMILES string of the molecule is O=C(NCCCCCCl)c1cc2c(s1)CCSC2. The Morgan fingerprint density at radius 1 is 1.39 bits per heavy atom. The summed E-state index contributed by atoms with van der Waals surface area (Å²) in [5.41, 5.74) is 1.36. The van der Waals surface area contributed by atoms with E-state index in [0.29, 0.717) is 5.88 Å². The zero-order valence-corrected chi connectivity index (χ0v) is 12.7. The molecule has 100 valence electrons. The number of carbonyl (C=O) groups is 1. The average Bonchev–Trinajstić information content (AvgIpc) is 2.82. The first-order valence-electron chi connectivity index (χ1n) is 6.34. The Morgan fingerprint density at radius 3 is 3.06 bits per heavy atom. The Kier molecular flexibility index (Phi) is 5.86. The van der Waals surface area contributed by atoms with E-state index in [1.165, 1.54) is 16.2 Å². The third-order valence-corrected chi connectivity index (χ3v) is 5.46. The molecule has 0 aromatic carbocycles. The fourth-order valence-electron chi connectivity index (χ4n) is 1.94. The van der Waals surface area contributed by atoms with Crippen molar-refractivity contribution >= 4 is 40.6 Å². The van der Waals surface area contributed by atoms with E-state index >= 15 is 0 Å². The smallest absolute Gasteiger partial charge is 0.261 e. The van der Waals surface area contributed by atoms with Crippen molar-refractivity contribution in [1.82, 2.24) is 5.32 Å². The molecule has 2 rings (SSSR count). The topological polar surface area (TPSA) is 29.1 Å². The maximum Gasteiger partial charge on any atom is 0.261 e. The van der Waals surface area contributed by atoms with Gasteiger partial charge in [0.2, 0.25) is 0 Å². The van der Waals surface area contributed by atoms with Gasteiger partial charge in [0.15, 0.2) is 0 Å². The first-order chi connectivity index (χ1) is 8.81. The number of unbranched alkanes of at least 4 members (excludes halogenated alkanes) is 2. The van der Waals surface area contributed by atoms with Gasteiger partial charge in [-0.15, -0.1) is 22.9 Å². The molecule has 0 unspecified atom stereocenters. The predicted octanol–water partition coefficient (Wildman–Crippen LogP) is 3.68. The van der Waals surface area contributed by atoms with Gasteiger partial charge in [-0.05, 0) is 36.6 Å². The third kappa shape index (κ3) is 3.90. The largest absolute Gasteiger partial charge is 0.351 e. The normalized spacial score (nSPS) is 14.3. The van der Waals surface area contributed by atoms with Crippen LogP contribution in [0.25, 0.3) is 0 Å². The van der Waals surface area contributed by atoms with E-state index in [1.54, 1.807) is 11.3 Å². The molecular weight excluding hydrogens is 286 g/mol. The van der Waals surface area contributed by atoms with Crippen LogP contribution in [0.4, 0.5) is 0 Å². The van der Waals surface area contributed by atoms with Gasteiger partial charge >= 0.3 is 0 Å². The molecule has 0 radical (unpaired) electrons. The van der Waals surface area contributed by atoms with Crippen LogP contribution in [0, 0.1) is 0 Å². The molecule has 0 atom stereocenters. The molecule has 1 aromatic heterocycles. The molecule has 1 aliphatic heterocycles. The summed E-state index contributed by atoms with van der Waals surface area (Å²) in [6.07, 6.45) is 4.25. The minimum atomic E-state index is 0.0882. The van der Waals surface area contributed by atoms with Crippen molar-refractivity contribution in [2.45, 2.75) is 31.4 Å². The first-order valence-corrected chi connectivity index (χ1v) is 8.85. The lowest BCUT2D eigenvalue weighted by molar-refractivity contribution is 0.0957. The number of aryl methyl sites for hydroxylation is 1. The molecule has 1 N–H and O–H groups in total. The average molecular weight is 304 g/mol. The van der Waals surface area contributed by atoms with Crippen LogP contribution < -0.4 is 5.32 Å². The number of alkyl halides is 1. The summed E-state index contributed by atoms with van der Waals surface area (Å²) < 4.78 is 0. The molecule has 1 amide bonds. The van der Waals surface area contributed by atoms with E-state index in [4.69, 9.17) is 11.6 Å². The highest BCUT2D eigenvalue weighted by molar-refractivity contribution is 7.98. The Hall–Kier alpha value is -0.190. The van der Waals surface area contributed by atoms with Crippen molar-refractivity contribution in [2.75, 3.05) is 18.2 Å². The predicted molar refractivity (Wildman–Crippen MR) is 81.1 cm³/mol. The highest BCUT2D eigenvalue weighted by Gasteiger charge is 2.16. The Bertz CT molecular complexity index is 382. The quantitative estimate of drug-likeness (QED) is 0.641. The zero-order chi connectivity index (χ0) is 12.8. The third-order valence-electron chi connectivity index (χ3n) is 2.95. The Morgan fingerprint density at radius 2 is 2.28 bits per heavy atom. The van der Waals surface area contributed by atoms with Gasteiger partial charge in [-0.2, -0.15) is 11.8 Å². The second-order valence-electron chi connectivity index (χ2n) is 4.37. The number of hydrogen-bond donors (Lipinski definition) is 1. The second-order valence-corrected chi connectivity index (χ2v) is 6.99. The number of halogens is 1. The molecule has 5 heteroatoms. The summed E-state index contributed by atoms with van der Waals surface area (Å²) in [5.74, 6) is 3.05. The molecule has 0 bridgehead atoms. The van der Waals surface area contributed by atoms with E-state index in [1.807, 2.05) is 11.8 Å². The Balaban J connectivity index is 1.80. The van der Waals surface area contributed by atoms with Gasteiger partial charge in [-0.1, -0.05) is 6.42 Å². The van der Waals surface area contributed by atoms with E-state index in [-0.39, 0.29) is 5.91 Å². The number of thiophene rings is 1. The molecular formula is C13H18ClNOS2. The number of amides is 1. The van der Waals surface area contributed by atoms with Crippen molar-refractivity contribution in [1.29, 1.82) is 0 Å². The molecule has 18 heavy (non-hydrogen) atoms. The fourth-order valence-corrected chi connectivity index (χ4v) is 4.42. The maximum atomic E-state index is 12.0. The summed E-state index contributed by atoms with van der Waals surface area (Å²) in [5, 5.41) is 2.99. The van der Waals surface area contributed by atoms with Gasteiger partial charge in [0.1, 0.15) is 0 Å². The minimum Gasteiger partial charge on any atom is -0.351 e. The lowest BCUT2D eigenvalue weighted by Crippen LogP contribution is -2.23. The van der Waals surface area contributed by atoms with Crippen molar-refractivity contribution in [3.63, 3.8) is 0 Å².